The normalized spacial score (nSPS) is 10.1. The molecule has 2 N–H and O–H groups in total. The highest BCUT2D eigenvalue weighted by Gasteiger charge is 2.17. The fourth-order valence-corrected chi connectivity index (χ4v) is 1.98. The maximum atomic E-state index is 12.5. The first-order chi connectivity index (χ1) is 9.63. The lowest BCUT2D eigenvalue weighted by molar-refractivity contribution is 0.0983. The molecule has 20 heavy (non-hydrogen) atoms. The Labute approximate surface area is 123 Å². The number of carbonyl (C=O) groups excluding carboxylic acids is 1. The molecule has 102 valence electrons. The van der Waals surface area contributed by atoms with Crippen LogP contribution in [0.25, 0.3) is 0 Å². The van der Waals surface area contributed by atoms with Crippen LogP contribution in [0.15, 0.2) is 48.7 Å². The van der Waals surface area contributed by atoms with Crippen molar-refractivity contribution in [2.45, 2.75) is 6.92 Å². The van der Waals surface area contributed by atoms with E-state index < -0.39 is 0 Å². The van der Waals surface area contributed by atoms with E-state index in [1.807, 2.05) is 37.3 Å². The summed E-state index contributed by atoms with van der Waals surface area (Å²) in [6.45, 7) is 2.50. The number of benzene rings is 1. The van der Waals surface area contributed by atoms with Crippen LogP contribution >= 0.6 is 12.2 Å². The second kappa shape index (κ2) is 6.25. The summed E-state index contributed by atoms with van der Waals surface area (Å²) in [5.74, 6) is -0.145. The molecule has 5 heteroatoms. The summed E-state index contributed by atoms with van der Waals surface area (Å²) in [7, 11) is 0. The maximum absolute atomic E-state index is 12.5. The maximum Gasteiger partial charge on any atom is 0.276 e. The Bertz CT molecular complexity index is 611. The van der Waals surface area contributed by atoms with Gasteiger partial charge in [-0.05, 0) is 31.2 Å². The van der Waals surface area contributed by atoms with Crippen molar-refractivity contribution < 1.29 is 4.79 Å². The van der Waals surface area contributed by atoms with Crippen molar-refractivity contribution in [1.82, 2.24) is 4.98 Å². The molecule has 1 aromatic heterocycles. The summed E-state index contributed by atoms with van der Waals surface area (Å²) in [6.07, 6.45) is 1.52. The summed E-state index contributed by atoms with van der Waals surface area (Å²) in [5.41, 5.74) is 7.38. The third-order valence-corrected chi connectivity index (χ3v) is 3.13. The predicted octanol–water partition coefficient (Wildman–Crippen LogP) is 2.38. The number of hydrogen-bond acceptors (Lipinski definition) is 3. The molecule has 0 saturated heterocycles. The predicted molar refractivity (Wildman–Crippen MR) is 83.9 cm³/mol. The van der Waals surface area contributed by atoms with Crippen molar-refractivity contribution in [3.8, 4) is 0 Å². The van der Waals surface area contributed by atoms with E-state index in [0.29, 0.717) is 17.8 Å². The van der Waals surface area contributed by atoms with Gasteiger partial charge < -0.3 is 10.6 Å². The number of carbonyl (C=O) groups is 1. The number of anilines is 1. The summed E-state index contributed by atoms with van der Waals surface area (Å²) in [6, 6.07) is 12.8. The molecule has 0 radical (unpaired) electrons. The molecule has 0 spiro atoms. The minimum Gasteiger partial charge on any atom is -0.389 e. The molecule has 0 unspecified atom stereocenters. The zero-order valence-corrected chi connectivity index (χ0v) is 11.9. The molecular weight excluding hydrogens is 270 g/mol. The lowest BCUT2D eigenvalue weighted by Crippen LogP contribution is -2.31. The van der Waals surface area contributed by atoms with Crippen molar-refractivity contribution in [2.75, 3.05) is 11.4 Å². The first-order valence-corrected chi connectivity index (χ1v) is 6.67. The first-order valence-electron chi connectivity index (χ1n) is 6.26. The average molecular weight is 285 g/mol. The number of aromatic nitrogens is 1. The largest absolute Gasteiger partial charge is 0.389 e. The topological polar surface area (TPSA) is 59.2 Å². The third-order valence-electron chi connectivity index (χ3n) is 2.90. The van der Waals surface area contributed by atoms with Gasteiger partial charge in [0.2, 0.25) is 0 Å². The van der Waals surface area contributed by atoms with Crippen molar-refractivity contribution in [1.29, 1.82) is 0 Å². The summed E-state index contributed by atoms with van der Waals surface area (Å²) in [5, 5.41) is 0. The van der Waals surface area contributed by atoms with E-state index in [2.05, 4.69) is 4.98 Å². The van der Waals surface area contributed by atoms with Gasteiger partial charge >= 0.3 is 0 Å². The number of para-hydroxylation sites is 1. The van der Waals surface area contributed by atoms with Gasteiger partial charge in [0.05, 0.1) is 0 Å². The molecular formula is C15H15N3OS. The Balaban J connectivity index is 2.27. The minimum absolute atomic E-state index is 0.145. The van der Waals surface area contributed by atoms with Crippen molar-refractivity contribution in [3.05, 3.63) is 59.9 Å². The molecule has 0 saturated carbocycles. The number of rotatable bonds is 4. The van der Waals surface area contributed by atoms with Gasteiger partial charge in [-0.15, -0.1) is 0 Å². The number of nitrogens with zero attached hydrogens (tertiary/aromatic N) is 2. The van der Waals surface area contributed by atoms with Gasteiger partial charge in [0.1, 0.15) is 10.7 Å². The second-order valence-electron chi connectivity index (χ2n) is 4.18. The van der Waals surface area contributed by atoms with Crippen LogP contribution in [0.5, 0.6) is 0 Å². The summed E-state index contributed by atoms with van der Waals surface area (Å²) >= 11 is 4.86. The third kappa shape index (κ3) is 3.00. The van der Waals surface area contributed by atoms with Crippen LogP contribution in [-0.4, -0.2) is 22.4 Å². The molecule has 0 atom stereocenters. The lowest BCUT2D eigenvalue weighted by Gasteiger charge is -2.20. The molecule has 1 amide bonds. The highest BCUT2D eigenvalue weighted by Crippen LogP contribution is 2.15. The zero-order chi connectivity index (χ0) is 14.5. The molecule has 1 aromatic carbocycles. The molecule has 1 heterocycles. The van der Waals surface area contributed by atoms with Crippen molar-refractivity contribution >= 4 is 28.8 Å². The van der Waals surface area contributed by atoms with E-state index in [4.69, 9.17) is 18.0 Å². The molecule has 0 fully saturated rings. The highest BCUT2D eigenvalue weighted by molar-refractivity contribution is 7.80. The highest BCUT2D eigenvalue weighted by atomic mass is 32.1. The molecule has 0 bridgehead atoms. The van der Waals surface area contributed by atoms with Crippen LogP contribution in [0.2, 0.25) is 0 Å². The van der Waals surface area contributed by atoms with Gasteiger partial charge in [-0.1, -0.05) is 30.4 Å². The Kier molecular flexibility index (Phi) is 4.42. The Hall–Kier alpha value is -2.27. The number of nitrogens with two attached hydrogens (primary N) is 1. The number of hydrogen-bond donors (Lipinski definition) is 1. The molecule has 2 rings (SSSR count). The molecule has 0 aliphatic carbocycles. The van der Waals surface area contributed by atoms with E-state index in [1.54, 1.807) is 17.0 Å². The Morgan fingerprint density at radius 3 is 2.45 bits per heavy atom. The molecule has 4 nitrogen and oxygen atoms in total. The van der Waals surface area contributed by atoms with E-state index in [1.165, 1.54) is 6.20 Å². The monoisotopic (exact) mass is 285 g/mol. The smallest absolute Gasteiger partial charge is 0.276 e. The van der Waals surface area contributed by atoms with Crippen molar-refractivity contribution in [2.24, 2.45) is 5.73 Å². The second-order valence-corrected chi connectivity index (χ2v) is 4.62. The zero-order valence-electron chi connectivity index (χ0n) is 11.1. The lowest BCUT2D eigenvalue weighted by atomic mass is 10.2. The van der Waals surface area contributed by atoms with Gasteiger partial charge in [-0.25, -0.2) is 0 Å². The fourth-order valence-electron chi connectivity index (χ4n) is 1.86. The van der Waals surface area contributed by atoms with E-state index in [-0.39, 0.29) is 10.9 Å². The Morgan fingerprint density at radius 1 is 1.25 bits per heavy atom. The quantitative estimate of drug-likeness (QED) is 0.876. The van der Waals surface area contributed by atoms with E-state index in [9.17, 15) is 4.79 Å². The molecule has 2 aromatic rings. The van der Waals surface area contributed by atoms with Gasteiger partial charge in [-0.3, -0.25) is 9.78 Å². The fraction of sp³-hybridized carbons (Fsp3) is 0.133. The van der Waals surface area contributed by atoms with Gasteiger partial charge in [0, 0.05) is 24.0 Å². The van der Waals surface area contributed by atoms with Crippen LogP contribution in [-0.2, 0) is 0 Å². The summed E-state index contributed by atoms with van der Waals surface area (Å²) in [4.78, 5) is 18.5. The standard InChI is InChI=1S/C15H15N3OS/c1-2-18(12-6-4-3-5-7-12)15(19)13-9-8-11(10-17-13)14(16)20/h3-10H,2H2,1H3,(H2,16,20). The minimum atomic E-state index is -0.145. The Morgan fingerprint density at radius 2 is 1.95 bits per heavy atom. The average Bonchev–Trinajstić information content (AvgIpc) is 2.49. The number of pyridine rings is 1. The van der Waals surface area contributed by atoms with E-state index in [0.717, 1.165) is 5.69 Å². The van der Waals surface area contributed by atoms with Crippen molar-refractivity contribution in [3.63, 3.8) is 0 Å². The number of amides is 1. The van der Waals surface area contributed by atoms with Crippen LogP contribution in [0.3, 0.4) is 0 Å². The van der Waals surface area contributed by atoms with Gasteiger partial charge in [0.15, 0.2) is 0 Å². The molecule has 0 aliphatic rings. The van der Waals surface area contributed by atoms with Crippen LogP contribution in [0, 0.1) is 0 Å². The van der Waals surface area contributed by atoms with Gasteiger partial charge in [0.25, 0.3) is 5.91 Å². The SMILES string of the molecule is CCN(C(=O)c1ccc(C(N)=S)cn1)c1ccccc1. The van der Waals surface area contributed by atoms with E-state index >= 15 is 0 Å². The van der Waals surface area contributed by atoms with Crippen LogP contribution in [0.4, 0.5) is 5.69 Å². The van der Waals surface area contributed by atoms with Gasteiger partial charge in [-0.2, -0.15) is 0 Å². The first kappa shape index (κ1) is 14.1. The van der Waals surface area contributed by atoms with Crippen LogP contribution in [0.1, 0.15) is 23.0 Å². The number of thiocarbonyl (C=S) groups is 1. The van der Waals surface area contributed by atoms with Crippen LogP contribution < -0.4 is 10.6 Å². The molecule has 0 aliphatic heterocycles. The summed E-state index contributed by atoms with van der Waals surface area (Å²) < 4.78 is 0.